The number of benzene rings is 1. The lowest BCUT2D eigenvalue weighted by atomic mass is 10.2. The molecule has 0 bridgehead atoms. The van der Waals surface area contributed by atoms with Crippen molar-refractivity contribution in [2.75, 3.05) is 27.2 Å². The molecule has 8 heteroatoms. The van der Waals surface area contributed by atoms with E-state index in [0.717, 1.165) is 24.6 Å². The van der Waals surface area contributed by atoms with E-state index in [0.29, 0.717) is 6.54 Å². The molecule has 0 atom stereocenters. The van der Waals surface area contributed by atoms with Crippen LogP contribution < -0.4 is 10.1 Å². The molecule has 1 heterocycles. The number of nitrogens with one attached hydrogen (secondary N) is 1. The zero-order chi connectivity index (χ0) is 13.8. The van der Waals surface area contributed by atoms with Gasteiger partial charge in [-0.05, 0) is 11.6 Å². The molecule has 0 fully saturated rings. The Morgan fingerprint density at radius 3 is 2.85 bits per heavy atom. The average Bonchev–Trinajstić information content (AvgIpc) is 2.81. The number of hydrogen-bond acceptors (Lipinski definition) is 6. The maximum absolute atomic E-state index is 10.9. The molecule has 0 aromatic heterocycles. The van der Waals surface area contributed by atoms with E-state index in [1.54, 1.807) is 12.1 Å². The summed E-state index contributed by atoms with van der Waals surface area (Å²) >= 11 is 0. The van der Waals surface area contributed by atoms with E-state index >= 15 is 0 Å². The number of methoxy groups -OCH3 is 1. The number of likely N-dealkylation sites (N-methyl/N-ethyl adjacent to an activating group) is 1. The predicted molar refractivity (Wildman–Crippen MR) is 86.8 cm³/mol. The van der Waals surface area contributed by atoms with E-state index in [2.05, 4.69) is 10.3 Å². The summed E-state index contributed by atoms with van der Waals surface area (Å²) < 4.78 is 4.96. The van der Waals surface area contributed by atoms with Gasteiger partial charge in [0, 0.05) is 26.2 Å². The van der Waals surface area contributed by atoms with Crippen LogP contribution in [0.4, 0.5) is 5.69 Å². The second-order valence-electron chi connectivity index (χ2n) is 4.24. The topological polar surface area (TPSA) is 80.0 Å². The van der Waals surface area contributed by atoms with Gasteiger partial charge in [-0.3, -0.25) is 15.1 Å². The number of nitro benzene ring substituents is 1. The van der Waals surface area contributed by atoms with Crippen LogP contribution in [0.1, 0.15) is 5.56 Å². The second-order valence-corrected chi connectivity index (χ2v) is 4.24. The number of guanidine groups is 1. The minimum atomic E-state index is -0.443. The minimum absolute atomic E-state index is 0. The van der Waals surface area contributed by atoms with Gasteiger partial charge in [0.25, 0.3) is 0 Å². The van der Waals surface area contributed by atoms with Crippen molar-refractivity contribution in [1.29, 1.82) is 0 Å². The number of rotatable bonds is 4. The quantitative estimate of drug-likeness (QED) is 0.479. The van der Waals surface area contributed by atoms with E-state index in [-0.39, 0.29) is 35.4 Å². The Morgan fingerprint density at radius 1 is 1.55 bits per heavy atom. The summed E-state index contributed by atoms with van der Waals surface area (Å²) in [6, 6.07) is 4.92. The van der Waals surface area contributed by atoms with E-state index < -0.39 is 4.92 Å². The Bertz CT molecular complexity index is 521. The Balaban J connectivity index is 0.00000200. The smallest absolute Gasteiger partial charge is 0.311 e. The molecule has 1 N–H and O–H groups in total. The molecule has 0 saturated heterocycles. The lowest BCUT2D eigenvalue weighted by Crippen LogP contribution is -2.35. The van der Waals surface area contributed by atoms with Gasteiger partial charge in [0.05, 0.1) is 18.6 Å². The zero-order valence-corrected chi connectivity index (χ0v) is 13.7. The van der Waals surface area contributed by atoms with Crippen LogP contribution in [0, 0.1) is 10.1 Å². The third kappa shape index (κ3) is 3.71. The predicted octanol–water partition coefficient (Wildman–Crippen LogP) is 1.61. The summed E-state index contributed by atoms with van der Waals surface area (Å²) in [4.78, 5) is 16.8. The van der Waals surface area contributed by atoms with Crippen molar-refractivity contribution in [2.24, 2.45) is 4.99 Å². The Morgan fingerprint density at radius 2 is 2.30 bits per heavy atom. The van der Waals surface area contributed by atoms with Gasteiger partial charge in [-0.25, -0.2) is 0 Å². The number of nitro groups is 1. The first-order chi connectivity index (χ1) is 9.11. The van der Waals surface area contributed by atoms with Gasteiger partial charge < -0.3 is 15.0 Å². The highest BCUT2D eigenvalue weighted by molar-refractivity contribution is 14.0. The van der Waals surface area contributed by atoms with Gasteiger partial charge >= 0.3 is 5.69 Å². The van der Waals surface area contributed by atoms with Crippen LogP contribution in [0.25, 0.3) is 0 Å². The molecule has 0 radical (unpaired) electrons. The highest BCUT2D eigenvalue weighted by atomic mass is 127. The molecule has 0 aliphatic carbocycles. The standard InChI is InChI=1S/C12H16N4O3.HI/c1-15-6-5-13-12(15)14-8-9-3-4-11(19-2)10(7-9)16(17)18;/h3-4,7H,5-6,8H2,1-2H3,(H,13,14);1H. The number of halogens is 1. The summed E-state index contributed by atoms with van der Waals surface area (Å²) in [7, 11) is 3.37. The molecule has 0 saturated carbocycles. The van der Waals surface area contributed by atoms with E-state index in [4.69, 9.17) is 4.74 Å². The fraction of sp³-hybridized carbons (Fsp3) is 0.417. The number of aliphatic imine (C=N–C) groups is 1. The van der Waals surface area contributed by atoms with E-state index in [1.165, 1.54) is 13.2 Å². The lowest BCUT2D eigenvalue weighted by Gasteiger charge is -2.15. The van der Waals surface area contributed by atoms with Crippen LogP contribution in [-0.4, -0.2) is 43.0 Å². The summed E-state index contributed by atoms with van der Waals surface area (Å²) in [6.07, 6.45) is 0. The fourth-order valence-electron chi connectivity index (χ4n) is 1.89. The van der Waals surface area contributed by atoms with Crippen molar-refractivity contribution < 1.29 is 9.66 Å². The van der Waals surface area contributed by atoms with Gasteiger partial charge in [-0.1, -0.05) is 6.07 Å². The molecule has 1 aromatic rings. The molecule has 1 aliphatic heterocycles. The van der Waals surface area contributed by atoms with Crippen molar-refractivity contribution in [1.82, 2.24) is 10.2 Å². The van der Waals surface area contributed by atoms with Crippen LogP contribution in [-0.2, 0) is 6.54 Å². The van der Waals surface area contributed by atoms with E-state index in [9.17, 15) is 10.1 Å². The van der Waals surface area contributed by atoms with E-state index in [1.807, 2.05) is 11.9 Å². The maximum atomic E-state index is 10.9. The number of hydrogen-bond donors (Lipinski definition) is 1. The number of ether oxygens (including phenoxy) is 1. The van der Waals surface area contributed by atoms with Gasteiger partial charge in [0.1, 0.15) is 0 Å². The molecule has 1 aliphatic rings. The normalized spacial score (nSPS) is 13.5. The number of nitrogens with zero attached hydrogens (tertiary/aromatic N) is 3. The van der Waals surface area contributed by atoms with Crippen molar-refractivity contribution in [3.05, 3.63) is 33.9 Å². The minimum Gasteiger partial charge on any atom is -0.490 e. The maximum Gasteiger partial charge on any atom is 0.311 e. The SMILES string of the molecule is COc1ccc(CNC2=NCCN2C)cc1[N+](=O)[O-].I. The van der Waals surface area contributed by atoms with Crippen molar-refractivity contribution >= 4 is 35.6 Å². The van der Waals surface area contributed by atoms with Crippen LogP contribution in [0.2, 0.25) is 0 Å². The molecule has 20 heavy (non-hydrogen) atoms. The highest BCUT2D eigenvalue weighted by Crippen LogP contribution is 2.27. The second kappa shape index (κ2) is 7.27. The molecular weight excluding hydrogens is 375 g/mol. The molecule has 1 aromatic carbocycles. The van der Waals surface area contributed by atoms with Crippen LogP contribution in [0.5, 0.6) is 5.75 Å². The molecule has 0 spiro atoms. The monoisotopic (exact) mass is 392 g/mol. The molecule has 7 nitrogen and oxygen atoms in total. The molecule has 0 unspecified atom stereocenters. The Kier molecular flexibility index (Phi) is 5.99. The molecule has 110 valence electrons. The first kappa shape index (κ1) is 16.5. The van der Waals surface area contributed by atoms with Crippen molar-refractivity contribution in [3.8, 4) is 5.75 Å². The molecule has 0 amide bonds. The summed E-state index contributed by atoms with van der Waals surface area (Å²) in [5, 5.41) is 14.1. The third-order valence-corrected chi connectivity index (χ3v) is 2.95. The van der Waals surface area contributed by atoms with Gasteiger partial charge in [0.15, 0.2) is 11.7 Å². The first-order valence-corrected chi connectivity index (χ1v) is 5.92. The zero-order valence-electron chi connectivity index (χ0n) is 11.3. The fourth-order valence-corrected chi connectivity index (χ4v) is 1.89. The van der Waals surface area contributed by atoms with Crippen LogP contribution in [0.15, 0.2) is 23.2 Å². The van der Waals surface area contributed by atoms with Gasteiger partial charge in [-0.2, -0.15) is 0 Å². The van der Waals surface area contributed by atoms with Gasteiger partial charge in [-0.15, -0.1) is 24.0 Å². The van der Waals surface area contributed by atoms with Crippen molar-refractivity contribution in [3.63, 3.8) is 0 Å². The van der Waals surface area contributed by atoms with Crippen molar-refractivity contribution in [2.45, 2.75) is 6.54 Å². The van der Waals surface area contributed by atoms with Gasteiger partial charge in [0.2, 0.25) is 0 Å². The lowest BCUT2D eigenvalue weighted by molar-refractivity contribution is -0.385. The average molecular weight is 392 g/mol. The Hall–Kier alpha value is -1.58. The van der Waals surface area contributed by atoms with Crippen LogP contribution in [0.3, 0.4) is 0 Å². The summed E-state index contributed by atoms with van der Waals surface area (Å²) in [6.45, 7) is 2.17. The summed E-state index contributed by atoms with van der Waals surface area (Å²) in [5.41, 5.74) is 0.791. The summed E-state index contributed by atoms with van der Waals surface area (Å²) in [5.74, 6) is 1.09. The molecule has 2 rings (SSSR count). The highest BCUT2D eigenvalue weighted by Gasteiger charge is 2.16. The van der Waals surface area contributed by atoms with Crippen LogP contribution >= 0.6 is 24.0 Å². The Labute approximate surface area is 134 Å². The third-order valence-electron chi connectivity index (χ3n) is 2.95. The molecular formula is C12H17IN4O3. The first-order valence-electron chi connectivity index (χ1n) is 5.92. The largest absolute Gasteiger partial charge is 0.490 e.